The van der Waals surface area contributed by atoms with Gasteiger partial charge in [-0.3, -0.25) is 4.79 Å². The van der Waals surface area contributed by atoms with Crippen molar-refractivity contribution in [3.63, 3.8) is 0 Å². The average Bonchev–Trinajstić information content (AvgIpc) is 2.61. The molecule has 0 radical (unpaired) electrons. The van der Waals surface area contributed by atoms with E-state index in [2.05, 4.69) is 5.32 Å². The molecule has 0 aromatic rings. The number of ether oxygens (including phenoxy) is 2. The lowest BCUT2D eigenvalue weighted by atomic mass is 9.89. The standard InChI is InChI=1S/C17H29NO4.CH2O3/c1-13(21-16(19)15-10-6-3-7-11-15)22-17(20)18-12-14-8-4-2-5-9-14;2-1(3)4/h13-15H,2-12H2,1H3,(H,18,20);(H2,2,3,4). The van der Waals surface area contributed by atoms with Gasteiger partial charge in [0.1, 0.15) is 0 Å². The molecule has 26 heavy (non-hydrogen) atoms. The fourth-order valence-corrected chi connectivity index (χ4v) is 3.43. The summed E-state index contributed by atoms with van der Waals surface area (Å²) in [5.41, 5.74) is 0. The number of alkyl carbamates (subject to hydrolysis) is 1. The summed E-state index contributed by atoms with van der Waals surface area (Å²) in [6.45, 7) is 2.25. The van der Waals surface area contributed by atoms with Crippen molar-refractivity contribution in [3.8, 4) is 0 Å². The molecular formula is C18H31NO7. The molecule has 0 aromatic carbocycles. The molecule has 2 rings (SSSR count). The molecule has 8 heteroatoms. The summed E-state index contributed by atoms with van der Waals surface area (Å²) in [7, 11) is 0. The fourth-order valence-electron chi connectivity index (χ4n) is 3.43. The van der Waals surface area contributed by atoms with Crippen LogP contribution in [0.25, 0.3) is 0 Å². The Kier molecular flexibility index (Phi) is 10.5. The van der Waals surface area contributed by atoms with Gasteiger partial charge in [0.25, 0.3) is 0 Å². The molecule has 1 amide bonds. The van der Waals surface area contributed by atoms with Crippen LogP contribution in [0.2, 0.25) is 0 Å². The topological polar surface area (TPSA) is 122 Å². The molecule has 0 spiro atoms. The summed E-state index contributed by atoms with van der Waals surface area (Å²) in [6, 6.07) is 0. The number of hydrogen-bond acceptors (Lipinski definition) is 5. The summed E-state index contributed by atoms with van der Waals surface area (Å²) in [6.07, 6.45) is 8.13. The monoisotopic (exact) mass is 373 g/mol. The largest absolute Gasteiger partial charge is 0.503 e. The van der Waals surface area contributed by atoms with Gasteiger partial charge in [-0.15, -0.1) is 0 Å². The maximum absolute atomic E-state index is 12.0. The first kappa shape index (κ1) is 22.1. The second kappa shape index (κ2) is 12.4. The van der Waals surface area contributed by atoms with Gasteiger partial charge in [-0.2, -0.15) is 0 Å². The molecular weight excluding hydrogens is 342 g/mol. The van der Waals surface area contributed by atoms with E-state index in [1.165, 1.54) is 38.5 Å². The van der Waals surface area contributed by atoms with E-state index in [4.69, 9.17) is 24.5 Å². The molecule has 150 valence electrons. The zero-order valence-corrected chi connectivity index (χ0v) is 15.4. The number of rotatable bonds is 5. The van der Waals surface area contributed by atoms with Crippen LogP contribution in [0.4, 0.5) is 9.59 Å². The number of hydrogen-bond donors (Lipinski definition) is 3. The first-order valence-electron chi connectivity index (χ1n) is 9.45. The summed E-state index contributed by atoms with van der Waals surface area (Å²) in [4.78, 5) is 32.2. The molecule has 0 bridgehead atoms. The van der Waals surface area contributed by atoms with Gasteiger partial charge in [0.15, 0.2) is 0 Å². The Labute approximate surface area is 154 Å². The van der Waals surface area contributed by atoms with Crippen molar-refractivity contribution in [2.24, 2.45) is 11.8 Å². The Hall–Kier alpha value is -1.99. The Balaban J connectivity index is 0.000000765. The lowest BCUT2D eigenvalue weighted by molar-refractivity contribution is -0.171. The van der Waals surface area contributed by atoms with Crippen molar-refractivity contribution in [1.82, 2.24) is 5.32 Å². The fraction of sp³-hybridized carbons (Fsp3) is 0.833. The average molecular weight is 373 g/mol. The van der Waals surface area contributed by atoms with Gasteiger partial charge in [-0.1, -0.05) is 38.5 Å². The third-order valence-electron chi connectivity index (χ3n) is 4.75. The molecule has 0 aromatic heterocycles. The Morgan fingerprint density at radius 1 is 0.923 bits per heavy atom. The Morgan fingerprint density at radius 3 is 1.96 bits per heavy atom. The van der Waals surface area contributed by atoms with Gasteiger partial charge in [0.05, 0.1) is 5.92 Å². The van der Waals surface area contributed by atoms with E-state index in [9.17, 15) is 9.59 Å². The van der Waals surface area contributed by atoms with Crippen molar-refractivity contribution in [3.05, 3.63) is 0 Å². The summed E-state index contributed by atoms with van der Waals surface area (Å²) in [5, 5.41) is 16.7. The molecule has 0 heterocycles. The van der Waals surface area contributed by atoms with Crippen LogP contribution in [0.15, 0.2) is 0 Å². The van der Waals surface area contributed by atoms with Crippen LogP contribution in [-0.2, 0) is 14.3 Å². The Bertz CT molecular complexity index is 439. The number of carbonyl (C=O) groups is 3. The maximum atomic E-state index is 12.0. The molecule has 8 nitrogen and oxygen atoms in total. The van der Waals surface area contributed by atoms with Gasteiger partial charge in [0, 0.05) is 13.5 Å². The van der Waals surface area contributed by atoms with E-state index in [0.29, 0.717) is 12.5 Å². The minimum Gasteiger partial charge on any atom is -0.450 e. The zero-order valence-electron chi connectivity index (χ0n) is 15.4. The Morgan fingerprint density at radius 2 is 1.42 bits per heavy atom. The highest BCUT2D eigenvalue weighted by atomic mass is 16.7. The smallest absolute Gasteiger partial charge is 0.450 e. The summed E-state index contributed by atoms with van der Waals surface area (Å²) in [5.74, 6) is 0.304. The third kappa shape index (κ3) is 10.1. The normalized spacial score (nSPS) is 19.4. The number of carboxylic acid groups (broad SMARTS) is 2. The van der Waals surface area contributed by atoms with Crippen LogP contribution in [0.3, 0.4) is 0 Å². The van der Waals surface area contributed by atoms with Crippen molar-refractivity contribution in [2.45, 2.75) is 77.4 Å². The predicted octanol–water partition coefficient (Wildman–Crippen LogP) is 3.98. The van der Waals surface area contributed by atoms with Crippen molar-refractivity contribution in [2.75, 3.05) is 6.54 Å². The second-order valence-corrected chi connectivity index (χ2v) is 6.91. The lowest BCUT2D eigenvalue weighted by Crippen LogP contribution is -2.34. The number of esters is 1. The highest BCUT2D eigenvalue weighted by molar-refractivity contribution is 5.73. The van der Waals surface area contributed by atoms with Crippen LogP contribution in [0, 0.1) is 11.8 Å². The number of nitrogens with one attached hydrogen (secondary N) is 1. The molecule has 0 saturated heterocycles. The predicted molar refractivity (Wildman–Crippen MR) is 93.8 cm³/mol. The summed E-state index contributed by atoms with van der Waals surface area (Å²) < 4.78 is 10.3. The van der Waals surface area contributed by atoms with Gasteiger partial charge >= 0.3 is 18.2 Å². The van der Waals surface area contributed by atoms with E-state index in [0.717, 1.165) is 25.7 Å². The van der Waals surface area contributed by atoms with E-state index in [1.54, 1.807) is 6.92 Å². The molecule has 2 aliphatic carbocycles. The lowest BCUT2D eigenvalue weighted by Gasteiger charge is -2.23. The van der Waals surface area contributed by atoms with Gasteiger partial charge in [-0.05, 0) is 31.6 Å². The van der Waals surface area contributed by atoms with Gasteiger partial charge in [-0.25, -0.2) is 9.59 Å². The van der Waals surface area contributed by atoms with E-state index >= 15 is 0 Å². The zero-order chi connectivity index (χ0) is 19.4. The summed E-state index contributed by atoms with van der Waals surface area (Å²) >= 11 is 0. The number of amides is 1. The van der Waals surface area contributed by atoms with Crippen LogP contribution in [0.5, 0.6) is 0 Å². The third-order valence-corrected chi connectivity index (χ3v) is 4.75. The maximum Gasteiger partial charge on any atom is 0.503 e. The highest BCUT2D eigenvalue weighted by Gasteiger charge is 2.25. The van der Waals surface area contributed by atoms with E-state index < -0.39 is 18.5 Å². The van der Waals surface area contributed by atoms with Gasteiger partial charge < -0.3 is 25.0 Å². The van der Waals surface area contributed by atoms with E-state index in [-0.39, 0.29) is 11.9 Å². The minimum atomic E-state index is -1.83. The second-order valence-electron chi connectivity index (χ2n) is 6.91. The molecule has 2 saturated carbocycles. The molecule has 2 aliphatic rings. The van der Waals surface area contributed by atoms with Crippen LogP contribution >= 0.6 is 0 Å². The van der Waals surface area contributed by atoms with E-state index in [1.807, 2.05) is 0 Å². The van der Waals surface area contributed by atoms with Crippen molar-refractivity contribution in [1.29, 1.82) is 0 Å². The molecule has 2 fully saturated rings. The van der Waals surface area contributed by atoms with Crippen LogP contribution in [0.1, 0.15) is 71.1 Å². The SMILES string of the molecule is CC(OC(=O)NCC1CCCCC1)OC(=O)C1CCCCC1.O=C(O)O. The number of carbonyl (C=O) groups excluding carboxylic acids is 2. The first-order valence-corrected chi connectivity index (χ1v) is 9.45. The first-order chi connectivity index (χ1) is 12.4. The molecule has 1 atom stereocenters. The van der Waals surface area contributed by atoms with Crippen molar-refractivity contribution >= 4 is 18.2 Å². The molecule has 1 unspecified atom stereocenters. The highest BCUT2D eigenvalue weighted by Crippen LogP contribution is 2.25. The van der Waals surface area contributed by atoms with Gasteiger partial charge in [0.2, 0.25) is 6.29 Å². The minimum absolute atomic E-state index is 0.0231. The molecule has 0 aliphatic heterocycles. The van der Waals surface area contributed by atoms with Crippen LogP contribution in [-0.4, -0.2) is 41.3 Å². The van der Waals surface area contributed by atoms with Crippen LogP contribution < -0.4 is 5.32 Å². The van der Waals surface area contributed by atoms with Crippen molar-refractivity contribution < 1.29 is 34.1 Å². The molecule has 3 N–H and O–H groups in total. The quantitative estimate of drug-likeness (QED) is 0.492.